The van der Waals surface area contributed by atoms with Crippen molar-refractivity contribution in [3.05, 3.63) is 66.4 Å². The average Bonchev–Trinajstić information content (AvgIpc) is 3.08. The number of anilines is 1. The topological polar surface area (TPSA) is 97.5 Å². The second-order valence-electron chi connectivity index (χ2n) is 9.82. The van der Waals surface area contributed by atoms with E-state index >= 15 is 0 Å². The van der Waals surface area contributed by atoms with E-state index in [1.165, 1.54) is 6.20 Å². The summed E-state index contributed by atoms with van der Waals surface area (Å²) in [7, 11) is 0. The maximum absolute atomic E-state index is 13.2. The van der Waals surface area contributed by atoms with Crippen molar-refractivity contribution in [3.8, 4) is 5.75 Å². The fraction of sp³-hybridized carbons (Fsp3) is 0.370. The number of nitrogens with zero attached hydrogens (tertiary/aromatic N) is 2. The van der Waals surface area contributed by atoms with E-state index < -0.39 is 11.5 Å². The van der Waals surface area contributed by atoms with Gasteiger partial charge in [0.15, 0.2) is 5.60 Å². The zero-order valence-electron chi connectivity index (χ0n) is 19.5. The normalized spacial score (nSPS) is 21.9. The summed E-state index contributed by atoms with van der Waals surface area (Å²) >= 11 is 0. The molecule has 5 rings (SSSR count). The lowest BCUT2D eigenvalue weighted by Crippen LogP contribution is -2.55. The van der Waals surface area contributed by atoms with Gasteiger partial charge in [-0.15, -0.1) is 0 Å². The van der Waals surface area contributed by atoms with E-state index in [1.54, 1.807) is 6.07 Å². The SMILES string of the molecule is CC(C)(Oc1ccc2ccccc2c1)C(=O)N[C@H]1C[C@H]2CC[C@@H](C1)N2c1ccc(C(N)=O)cn1. The molecule has 1 aromatic heterocycles. The summed E-state index contributed by atoms with van der Waals surface area (Å²) in [5, 5.41) is 5.46. The van der Waals surface area contributed by atoms with Crippen molar-refractivity contribution in [3.63, 3.8) is 0 Å². The average molecular weight is 459 g/mol. The van der Waals surface area contributed by atoms with Gasteiger partial charge in [0.25, 0.3) is 5.91 Å². The van der Waals surface area contributed by atoms with Gasteiger partial charge < -0.3 is 20.7 Å². The molecule has 34 heavy (non-hydrogen) atoms. The van der Waals surface area contributed by atoms with Crippen molar-refractivity contribution < 1.29 is 14.3 Å². The van der Waals surface area contributed by atoms with Crippen LogP contribution in [0.4, 0.5) is 5.82 Å². The summed E-state index contributed by atoms with van der Waals surface area (Å²) in [6.45, 7) is 3.62. The number of rotatable bonds is 6. The predicted molar refractivity (Wildman–Crippen MR) is 132 cm³/mol. The maximum atomic E-state index is 13.2. The Kier molecular flexibility index (Phi) is 5.63. The number of hydrogen-bond acceptors (Lipinski definition) is 5. The number of hydrogen-bond donors (Lipinski definition) is 2. The van der Waals surface area contributed by atoms with E-state index in [1.807, 2.05) is 56.3 Å². The molecule has 2 aromatic carbocycles. The Labute approximate surface area is 199 Å². The lowest BCUT2D eigenvalue weighted by atomic mass is 9.96. The van der Waals surface area contributed by atoms with Crippen molar-refractivity contribution in [1.29, 1.82) is 0 Å². The number of amides is 2. The molecule has 176 valence electrons. The van der Waals surface area contributed by atoms with E-state index in [4.69, 9.17) is 10.5 Å². The Morgan fingerprint density at radius 3 is 2.38 bits per heavy atom. The molecule has 7 heteroatoms. The summed E-state index contributed by atoms with van der Waals surface area (Å²) in [5.74, 6) is 0.959. The third-order valence-corrected chi connectivity index (χ3v) is 7.01. The lowest BCUT2D eigenvalue weighted by molar-refractivity contribution is -0.135. The van der Waals surface area contributed by atoms with Gasteiger partial charge in [-0.25, -0.2) is 4.98 Å². The Bertz CT molecular complexity index is 1210. The van der Waals surface area contributed by atoms with Gasteiger partial charge in [-0.2, -0.15) is 0 Å². The highest BCUT2D eigenvalue weighted by atomic mass is 16.5. The van der Waals surface area contributed by atoms with Crippen LogP contribution in [0.15, 0.2) is 60.8 Å². The molecule has 2 aliphatic rings. The number of benzene rings is 2. The van der Waals surface area contributed by atoms with Gasteiger partial charge in [-0.05, 0) is 74.6 Å². The van der Waals surface area contributed by atoms with Gasteiger partial charge >= 0.3 is 0 Å². The second-order valence-corrected chi connectivity index (χ2v) is 9.82. The van der Waals surface area contributed by atoms with Gasteiger partial charge in [0.1, 0.15) is 11.6 Å². The number of piperidine rings is 1. The van der Waals surface area contributed by atoms with E-state index in [-0.39, 0.29) is 11.9 Å². The molecule has 3 heterocycles. The molecule has 2 saturated heterocycles. The van der Waals surface area contributed by atoms with Crippen molar-refractivity contribution in [2.24, 2.45) is 5.73 Å². The number of nitrogens with two attached hydrogens (primary N) is 1. The molecular formula is C27H30N4O3. The summed E-state index contributed by atoms with van der Waals surface area (Å²) in [5.41, 5.74) is 4.75. The monoisotopic (exact) mass is 458 g/mol. The predicted octanol–water partition coefficient (Wildman–Crippen LogP) is 3.81. The Hall–Kier alpha value is -3.61. The van der Waals surface area contributed by atoms with Crippen LogP contribution < -0.4 is 20.7 Å². The zero-order chi connectivity index (χ0) is 23.9. The largest absolute Gasteiger partial charge is 0.478 e. The van der Waals surface area contributed by atoms with Crippen LogP contribution in [0.25, 0.3) is 10.8 Å². The smallest absolute Gasteiger partial charge is 0.263 e. The molecule has 3 aromatic rings. The number of ether oxygens (including phenoxy) is 1. The van der Waals surface area contributed by atoms with Crippen LogP contribution in [-0.2, 0) is 4.79 Å². The molecule has 0 unspecified atom stereocenters. The zero-order valence-corrected chi connectivity index (χ0v) is 19.5. The Morgan fingerprint density at radius 2 is 1.74 bits per heavy atom. The van der Waals surface area contributed by atoms with E-state index in [2.05, 4.69) is 21.3 Å². The Morgan fingerprint density at radius 1 is 1.03 bits per heavy atom. The number of fused-ring (bicyclic) bond motifs is 3. The summed E-state index contributed by atoms with van der Waals surface area (Å²) in [4.78, 5) is 31.3. The first-order chi connectivity index (χ1) is 16.3. The van der Waals surface area contributed by atoms with Crippen molar-refractivity contribution >= 4 is 28.4 Å². The number of carbonyl (C=O) groups excluding carboxylic acids is 2. The maximum Gasteiger partial charge on any atom is 0.263 e. The molecule has 2 bridgehead atoms. The fourth-order valence-electron chi connectivity index (χ4n) is 5.28. The quantitative estimate of drug-likeness (QED) is 0.585. The molecule has 0 spiro atoms. The molecule has 7 nitrogen and oxygen atoms in total. The first kappa shape index (κ1) is 22.2. The Balaban J connectivity index is 1.23. The third kappa shape index (κ3) is 4.30. The molecule has 2 fully saturated rings. The summed E-state index contributed by atoms with van der Waals surface area (Å²) < 4.78 is 6.13. The van der Waals surface area contributed by atoms with Crippen molar-refractivity contribution in [2.45, 2.75) is 63.3 Å². The van der Waals surface area contributed by atoms with Crippen LogP contribution in [0.2, 0.25) is 0 Å². The van der Waals surface area contributed by atoms with Crippen LogP contribution in [0.3, 0.4) is 0 Å². The number of pyridine rings is 1. The molecule has 3 N–H and O–H groups in total. The van der Waals surface area contributed by atoms with E-state index in [0.717, 1.165) is 42.3 Å². The van der Waals surface area contributed by atoms with Gasteiger partial charge in [0, 0.05) is 24.3 Å². The van der Waals surface area contributed by atoms with Crippen molar-refractivity contribution in [1.82, 2.24) is 10.3 Å². The van der Waals surface area contributed by atoms with Crippen molar-refractivity contribution in [2.75, 3.05) is 4.90 Å². The molecule has 2 aliphatic heterocycles. The van der Waals surface area contributed by atoms with Crippen LogP contribution in [0, 0.1) is 0 Å². The molecule has 0 aliphatic carbocycles. The van der Waals surface area contributed by atoms with Crippen LogP contribution in [-0.4, -0.2) is 40.5 Å². The molecule has 0 radical (unpaired) electrons. The minimum Gasteiger partial charge on any atom is -0.478 e. The standard InChI is InChI=1S/C27H30N4O3/c1-27(2,34-23-11-7-17-5-3-4-6-18(17)13-23)26(33)30-20-14-21-9-10-22(15-20)31(21)24-12-8-19(16-29-24)25(28)32/h3-8,11-13,16,20-22H,9-10,14-15H2,1-2H3,(H2,28,32)(H,30,33)/t20-,21+,22-. The first-order valence-electron chi connectivity index (χ1n) is 11.8. The highest BCUT2D eigenvalue weighted by Gasteiger charge is 2.43. The van der Waals surface area contributed by atoms with Crippen LogP contribution >= 0.6 is 0 Å². The van der Waals surface area contributed by atoms with Crippen LogP contribution in [0.5, 0.6) is 5.75 Å². The van der Waals surface area contributed by atoms with E-state index in [9.17, 15) is 9.59 Å². The minimum atomic E-state index is -0.995. The first-order valence-corrected chi connectivity index (χ1v) is 11.8. The summed E-state index contributed by atoms with van der Waals surface area (Å²) in [6, 6.07) is 18.3. The highest BCUT2D eigenvalue weighted by molar-refractivity contribution is 5.92. The van der Waals surface area contributed by atoms with Gasteiger partial charge in [-0.1, -0.05) is 30.3 Å². The molecule has 2 amide bonds. The number of carbonyl (C=O) groups is 2. The minimum absolute atomic E-state index is 0.0885. The molecule has 3 atom stereocenters. The van der Waals surface area contributed by atoms with Gasteiger partial charge in [0.05, 0.1) is 5.56 Å². The number of primary amides is 1. The molecular weight excluding hydrogens is 428 g/mol. The van der Waals surface area contributed by atoms with Crippen LogP contribution in [0.1, 0.15) is 49.9 Å². The van der Waals surface area contributed by atoms with Gasteiger partial charge in [-0.3, -0.25) is 9.59 Å². The summed E-state index contributed by atoms with van der Waals surface area (Å²) in [6.07, 6.45) is 5.37. The highest BCUT2D eigenvalue weighted by Crippen LogP contribution is 2.38. The second kappa shape index (κ2) is 8.63. The van der Waals surface area contributed by atoms with Gasteiger partial charge in [0.2, 0.25) is 5.91 Å². The lowest BCUT2D eigenvalue weighted by Gasteiger charge is -2.40. The molecule has 0 saturated carbocycles. The number of aromatic nitrogens is 1. The third-order valence-electron chi connectivity index (χ3n) is 7.01. The fourth-order valence-corrected chi connectivity index (χ4v) is 5.28. The number of nitrogens with one attached hydrogen (secondary N) is 1. The van der Waals surface area contributed by atoms with E-state index in [0.29, 0.717) is 23.4 Å².